The van der Waals surface area contributed by atoms with Crippen molar-refractivity contribution in [2.45, 2.75) is 39.8 Å². The van der Waals surface area contributed by atoms with Crippen LogP contribution < -0.4 is 10.1 Å². The summed E-state index contributed by atoms with van der Waals surface area (Å²) in [7, 11) is 1.61. The Morgan fingerprint density at radius 3 is 2.67 bits per heavy atom. The van der Waals surface area contributed by atoms with Crippen LogP contribution in [0.15, 0.2) is 6.20 Å². The topological polar surface area (TPSA) is 71.5 Å². The second-order valence-corrected chi connectivity index (χ2v) is 5.88. The van der Waals surface area contributed by atoms with Gasteiger partial charge in [-0.3, -0.25) is 14.6 Å². The smallest absolute Gasteiger partial charge is 0.248 e. The Morgan fingerprint density at radius 1 is 1.38 bits per heavy atom. The van der Waals surface area contributed by atoms with E-state index in [0.29, 0.717) is 6.54 Å². The van der Waals surface area contributed by atoms with E-state index in [9.17, 15) is 9.59 Å². The summed E-state index contributed by atoms with van der Waals surface area (Å²) in [6.07, 6.45) is 1.72. The van der Waals surface area contributed by atoms with Gasteiger partial charge in [0.1, 0.15) is 17.8 Å². The van der Waals surface area contributed by atoms with Gasteiger partial charge in [0.05, 0.1) is 19.3 Å². The lowest BCUT2D eigenvalue weighted by molar-refractivity contribution is -0.149. The second kappa shape index (κ2) is 5.35. The number of rotatable bonds is 3. The molecule has 2 amide bonds. The molecule has 1 saturated heterocycles. The average molecular weight is 291 g/mol. The van der Waals surface area contributed by atoms with E-state index in [0.717, 1.165) is 22.6 Å². The Balaban J connectivity index is 2.29. The number of ether oxygens (including phenoxy) is 1. The third-order valence-electron chi connectivity index (χ3n) is 3.70. The molecule has 1 aliphatic rings. The lowest BCUT2D eigenvalue weighted by Crippen LogP contribution is -2.63. The van der Waals surface area contributed by atoms with Crippen LogP contribution in [0.5, 0.6) is 5.75 Å². The van der Waals surface area contributed by atoms with Crippen molar-refractivity contribution in [2.75, 3.05) is 13.7 Å². The normalized spacial score (nSPS) is 17.7. The first-order valence-electron chi connectivity index (χ1n) is 6.85. The molecule has 0 radical (unpaired) electrons. The number of amides is 2. The second-order valence-electron chi connectivity index (χ2n) is 5.88. The molecule has 1 fully saturated rings. The van der Waals surface area contributed by atoms with Crippen molar-refractivity contribution in [3.05, 3.63) is 23.0 Å². The maximum absolute atomic E-state index is 12.4. The Morgan fingerprint density at radius 2 is 2.05 bits per heavy atom. The van der Waals surface area contributed by atoms with E-state index in [4.69, 9.17) is 4.74 Å². The predicted molar refractivity (Wildman–Crippen MR) is 77.9 cm³/mol. The van der Waals surface area contributed by atoms with Crippen molar-refractivity contribution < 1.29 is 14.3 Å². The summed E-state index contributed by atoms with van der Waals surface area (Å²) in [4.78, 5) is 30.0. The minimum atomic E-state index is -0.877. The highest BCUT2D eigenvalue weighted by atomic mass is 16.5. The van der Waals surface area contributed by atoms with Crippen molar-refractivity contribution >= 4 is 11.8 Å². The largest absolute Gasteiger partial charge is 0.496 e. The molecule has 1 aromatic rings. The Bertz CT molecular complexity index is 596. The minimum absolute atomic E-state index is 0.0551. The van der Waals surface area contributed by atoms with Gasteiger partial charge in [-0.25, -0.2) is 0 Å². The molecule has 2 rings (SSSR count). The van der Waals surface area contributed by atoms with Gasteiger partial charge < -0.3 is 15.0 Å². The first-order valence-corrected chi connectivity index (χ1v) is 6.85. The number of methoxy groups -OCH3 is 1. The molecule has 0 atom stereocenters. The molecule has 2 heterocycles. The van der Waals surface area contributed by atoms with Gasteiger partial charge in [-0.2, -0.15) is 0 Å². The van der Waals surface area contributed by atoms with Crippen molar-refractivity contribution in [1.29, 1.82) is 0 Å². The molecule has 1 aliphatic heterocycles. The quantitative estimate of drug-likeness (QED) is 0.900. The molecule has 0 saturated carbocycles. The number of nitrogens with one attached hydrogen (secondary N) is 1. The van der Waals surface area contributed by atoms with Crippen LogP contribution in [0.4, 0.5) is 0 Å². The van der Waals surface area contributed by atoms with E-state index < -0.39 is 5.54 Å². The first-order chi connectivity index (χ1) is 9.76. The summed E-state index contributed by atoms with van der Waals surface area (Å²) in [6, 6.07) is 0. The van der Waals surface area contributed by atoms with Gasteiger partial charge in [0.2, 0.25) is 11.8 Å². The predicted octanol–water partition coefficient (Wildman–Crippen LogP) is 0.944. The van der Waals surface area contributed by atoms with Gasteiger partial charge >= 0.3 is 0 Å². The fraction of sp³-hybridized carbons (Fsp3) is 0.533. The summed E-state index contributed by atoms with van der Waals surface area (Å²) in [5.74, 6) is 0.507. The number of nitrogens with zero attached hydrogens (tertiary/aromatic N) is 2. The van der Waals surface area contributed by atoms with E-state index in [1.165, 1.54) is 4.90 Å². The van der Waals surface area contributed by atoms with Crippen LogP contribution >= 0.6 is 0 Å². The molecular weight excluding hydrogens is 270 g/mol. The lowest BCUT2D eigenvalue weighted by atomic mass is 10.00. The zero-order valence-corrected chi connectivity index (χ0v) is 13.1. The van der Waals surface area contributed by atoms with Gasteiger partial charge in [0.25, 0.3) is 0 Å². The summed E-state index contributed by atoms with van der Waals surface area (Å²) in [5.41, 5.74) is 1.71. The van der Waals surface area contributed by atoms with Gasteiger partial charge in [-0.15, -0.1) is 0 Å². The van der Waals surface area contributed by atoms with Crippen molar-refractivity contribution in [1.82, 2.24) is 15.2 Å². The molecule has 6 nitrogen and oxygen atoms in total. The van der Waals surface area contributed by atoms with E-state index >= 15 is 0 Å². The molecule has 0 unspecified atom stereocenters. The Kier molecular flexibility index (Phi) is 3.89. The number of aromatic nitrogens is 1. The third-order valence-corrected chi connectivity index (χ3v) is 3.70. The molecular formula is C15H21N3O3. The van der Waals surface area contributed by atoms with Gasteiger partial charge in [0, 0.05) is 17.3 Å². The maximum Gasteiger partial charge on any atom is 0.248 e. The number of aryl methyl sites for hydroxylation is 1. The van der Waals surface area contributed by atoms with Crippen LogP contribution in [-0.2, 0) is 16.1 Å². The monoisotopic (exact) mass is 291 g/mol. The summed E-state index contributed by atoms with van der Waals surface area (Å²) >= 11 is 0. The van der Waals surface area contributed by atoms with Gasteiger partial charge in [0.15, 0.2) is 0 Å². The van der Waals surface area contributed by atoms with Crippen LogP contribution in [0.2, 0.25) is 0 Å². The number of carbonyl (C=O) groups excluding carboxylic acids is 2. The van der Waals surface area contributed by atoms with Crippen LogP contribution in [0, 0.1) is 13.8 Å². The Hall–Kier alpha value is -2.11. The fourth-order valence-corrected chi connectivity index (χ4v) is 2.62. The SMILES string of the molecule is COc1c(C)cnc(CN2CC(=O)NC(C)(C)C2=O)c1C. The maximum atomic E-state index is 12.4. The van der Waals surface area contributed by atoms with E-state index in [2.05, 4.69) is 10.3 Å². The van der Waals surface area contributed by atoms with Crippen LogP contribution in [-0.4, -0.2) is 40.9 Å². The van der Waals surface area contributed by atoms with E-state index in [-0.39, 0.29) is 18.4 Å². The average Bonchev–Trinajstić information content (AvgIpc) is 2.38. The van der Waals surface area contributed by atoms with Gasteiger partial charge in [-0.05, 0) is 27.7 Å². The highest BCUT2D eigenvalue weighted by Gasteiger charge is 2.39. The zero-order chi connectivity index (χ0) is 15.8. The van der Waals surface area contributed by atoms with Crippen molar-refractivity contribution in [2.24, 2.45) is 0 Å². The zero-order valence-electron chi connectivity index (χ0n) is 13.1. The standard InChI is InChI=1S/C15H21N3O3/c1-9-6-16-11(10(2)13(9)21-5)7-18-8-12(19)17-15(3,4)14(18)20/h6H,7-8H2,1-5H3,(H,17,19). The first kappa shape index (κ1) is 15.3. The molecule has 1 N–H and O–H groups in total. The third kappa shape index (κ3) is 2.84. The van der Waals surface area contributed by atoms with Crippen LogP contribution in [0.3, 0.4) is 0 Å². The number of piperazine rings is 1. The molecule has 0 spiro atoms. The Labute approximate surface area is 124 Å². The summed E-state index contributed by atoms with van der Waals surface area (Å²) < 4.78 is 5.37. The van der Waals surface area contributed by atoms with E-state index in [1.807, 2.05) is 13.8 Å². The fourth-order valence-electron chi connectivity index (χ4n) is 2.62. The molecule has 114 valence electrons. The lowest BCUT2D eigenvalue weighted by Gasteiger charge is -2.37. The molecule has 1 aromatic heterocycles. The number of hydrogen-bond donors (Lipinski definition) is 1. The number of carbonyl (C=O) groups is 2. The van der Waals surface area contributed by atoms with E-state index in [1.54, 1.807) is 27.2 Å². The highest BCUT2D eigenvalue weighted by molar-refractivity contribution is 5.97. The molecule has 6 heteroatoms. The molecule has 0 aliphatic carbocycles. The molecule has 0 aromatic carbocycles. The van der Waals surface area contributed by atoms with Crippen molar-refractivity contribution in [3.8, 4) is 5.75 Å². The van der Waals surface area contributed by atoms with Crippen molar-refractivity contribution in [3.63, 3.8) is 0 Å². The molecule has 21 heavy (non-hydrogen) atoms. The highest BCUT2D eigenvalue weighted by Crippen LogP contribution is 2.25. The molecule has 0 bridgehead atoms. The van der Waals surface area contributed by atoms with Crippen LogP contribution in [0.1, 0.15) is 30.7 Å². The number of pyridine rings is 1. The van der Waals surface area contributed by atoms with Gasteiger partial charge in [-0.1, -0.05) is 0 Å². The summed E-state index contributed by atoms with van der Waals surface area (Å²) in [5, 5.41) is 2.69. The number of hydrogen-bond acceptors (Lipinski definition) is 4. The minimum Gasteiger partial charge on any atom is -0.496 e. The summed E-state index contributed by atoms with van der Waals surface area (Å²) in [6.45, 7) is 7.60. The van der Waals surface area contributed by atoms with Crippen LogP contribution in [0.25, 0.3) is 0 Å².